The summed E-state index contributed by atoms with van der Waals surface area (Å²) in [6.45, 7) is 1.69. The number of benzene rings is 2. The van der Waals surface area contributed by atoms with Gasteiger partial charge in [-0.05, 0) is 31.5 Å². The minimum Gasteiger partial charge on any atom is -0.495 e. The minimum atomic E-state index is -0.900. The van der Waals surface area contributed by atoms with Crippen molar-refractivity contribution in [1.82, 2.24) is 14.8 Å². The highest BCUT2D eigenvalue weighted by atomic mass is 16.6. The van der Waals surface area contributed by atoms with Gasteiger partial charge in [-0.25, -0.2) is 4.68 Å². The topological polar surface area (TPSA) is 144 Å². The molecule has 1 atom stereocenters. The van der Waals surface area contributed by atoms with Crippen molar-refractivity contribution in [3.05, 3.63) is 81.3 Å². The van der Waals surface area contributed by atoms with Crippen LogP contribution in [0.1, 0.15) is 30.8 Å². The van der Waals surface area contributed by atoms with Gasteiger partial charge in [0.2, 0.25) is 5.95 Å². The molecule has 176 valence electrons. The van der Waals surface area contributed by atoms with E-state index >= 15 is 0 Å². The van der Waals surface area contributed by atoms with E-state index in [4.69, 9.17) is 4.74 Å². The van der Waals surface area contributed by atoms with E-state index in [1.54, 1.807) is 49.4 Å². The molecule has 0 saturated carbocycles. The van der Waals surface area contributed by atoms with Gasteiger partial charge in [-0.3, -0.25) is 14.9 Å². The number of aliphatic hydroxyl groups excluding tert-OH is 1. The number of para-hydroxylation sites is 3. The summed E-state index contributed by atoms with van der Waals surface area (Å²) >= 11 is 0. The molecule has 1 aromatic heterocycles. The van der Waals surface area contributed by atoms with E-state index in [1.165, 1.54) is 17.9 Å². The molecule has 11 nitrogen and oxygen atoms in total. The predicted octanol–water partition coefficient (Wildman–Crippen LogP) is 3.05. The summed E-state index contributed by atoms with van der Waals surface area (Å²) < 4.78 is 6.82. The highest BCUT2D eigenvalue weighted by Gasteiger charge is 2.37. The maximum absolute atomic E-state index is 13.6. The zero-order chi connectivity index (χ0) is 24.2. The Bertz CT molecular complexity index is 1270. The minimum absolute atomic E-state index is 0.0191. The normalized spacial score (nSPS) is 14.9. The average Bonchev–Trinajstić information content (AvgIpc) is 3.24. The second kappa shape index (κ2) is 9.71. The first-order valence-electron chi connectivity index (χ1n) is 10.7. The Hall–Kier alpha value is -4.25. The van der Waals surface area contributed by atoms with Gasteiger partial charge in [-0.2, -0.15) is 10.1 Å². The van der Waals surface area contributed by atoms with E-state index in [2.05, 4.69) is 20.7 Å². The van der Waals surface area contributed by atoms with Gasteiger partial charge in [0.05, 0.1) is 28.9 Å². The molecule has 0 bridgehead atoms. The zero-order valence-electron chi connectivity index (χ0n) is 18.7. The molecule has 4 rings (SSSR count). The Kier molecular flexibility index (Phi) is 6.55. The Morgan fingerprint density at radius 2 is 2.00 bits per heavy atom. The molecule has 1 aliphatic heterocycles. The van der Waals surface area contributed by atoms with Crippen molar-refractivity contribution >= 4 is 23.2 Å². The van der Waals surface area contributed by atoms with Gasteiger partial charge in [-0.15, -0.1) is 0 Å². The monoisotopic (exact) mass is 464 g/mol. The molecule has 1 amide bonds. The van der Waals surface area contributed by atoms with Crippen LogP contribution in [0.3, 0.4) is 0 Å². The smallest absolute Gasteiger partial charge is 0.275 e. The molecule has 0 radical (unpaired) electrons. The molecule has 0 spiro atoms. The van der Waals surface area contributed by atoms with Crippen molar-refractivity contribution < 1.29 is 19.6 Å². The van der Waals surface area contributed by atoms with Crippen LogP contribution in [0.4, 0.5) is 17.3 Å². The molecule has 3 N–H and O–H groups in total. The largest absolute Gasteiger partial charge is 0.495 e. The number of hydrogen-bond acceptors (Lipinski definition) is 8. The molecule has 1 aliphatic rings. The fourth-order valence-corrected chi connectivity index (χ4v) is 3.94. The van der Waals surface area contributed by atoms with Crippen LogP contribution in [0.5, 0.6) is 5.75 Å². The highest BCUT2D eigenvalue weighted by Crippen LogP contribution is 2.39. The average molecular weight is 464 g/mol. The molecule has 0 saturated heterocycles. The van der Waals surface area contributed by atoms with E-state index in [-0.39, 0.29) is 17.9 Å². The van der Waals surface area contributed by atoms with Crippen LogP contribution in [0.25, 0.3) is 0 Å². The number of hydrogen-bond donors (Lipinski definition) is 3. The second-order valence-electron chi connectivity index (χ2n) is 7.66. The number of aryl methyl sites for hydroxylation is 1. The van der Waals surface area contributed by atoms with E-state index in [9.17, 15) is 20.0 Å². The molecule has 2 aromatic carbocycles. The molecular formula is C23H24N6O5. The van der Waals surface area contributed by atoms with E-state index in [1.807, 2.05) is 0 Å². The Balaban J connectivity index is 1.83. The van der Waals surface area contributed by atoms with E-state index < -0.39 is 16.9 Å². The van der Waals surface area contributed by atoms with Gasteiger partial charge in [0.15, 0.2) is 5.82 Å². The number of amides is 1. The summed E-state index contributed by atoms with van der Waals surface area (Å²) in [4.78, 5) is 29.4. The van der Waals surface area contributed by atoms with E-state index in [0.29, 0.717) is 47.3 Å². The quantitative estimate of drug-likeness (QED) is 0.341. The summed E-state index contributed by atoms with van der Waals surface area (Å²) in [7, 11) is 1.50. The first-order chi connectivity index (χ1) is 16.4. The van der Waals surface area contributed by atoms with Crippen LogP contribution >= 0.6 is 0 Å². The summed E-state index contributed by atoms with van der Waals surface area (Å²) in [6, 6.07) is 12.3. The summed E-state index contributed by atoms with van der Waals surface area (Å²) in [5, 5.41) is 31.5. The molecular weight excluding hydrogens is 440 g/mol. The number of carbonyl (C=O) groups is 1. The molecule has 3 aromatic rings. The van der Waals surface area contributed by atoms with Crippen molar-refractivity contribution in [3.8, 4) is 5.75 Å². The van der Waals surface area contributed by atoms with Crippen LogP contribution in [0.15, 0.2) is 59.8 Å². The number of fused-ring (bicyclic) bond motifs is 1. The third-order valence-corrected chi connectivity index (χ3v) is 5.48. The molecule has 0 aliphatic carbocycles. The molecule has 11 heteroatoms. The fraction of sp³-hybridized carbons (Fsp3) is 0.261. The number of methoxy groups -OCH3 is 1. The van der Waals surface area contributed by atoms with Crippen molar-refractivity contribution in [3.63, 3.8) is 0 Å². The second-order valence-corrected chi connectivity index (χ2v) is 7.66. The zero-order valence-corrected chi connectivity index (χ0v) is 18.7. The number of allylic oxidation sites excluding steroid dienone is 1. The Morgan fingerprint density at radius 1 is 1.26 bits per heavy atom. The van der Waals surface area contributed by atoms with E-state index in [0.717, 1.165) is 0 Å². The standard InChI is InChI=1S/C23H24N6O5/c1-14-20(22(31)25-16-9-4-6-11-18(16)34-2)21(15-8-3-5-10-17(15)29(32)33)28-23(24-14)26-19(27-28)12-7-13-30/h3-6,8-11,21,30H,7,12-13H2,1-2H3,(H,25,31)(H,24,26,27). The van der Waals surface area contributed by atoms with Crippen LogP contribution in [0.2, 0.25) is 0 Å². The lowest BCUT2D eigenvalue weighted by Gasteiger charge is -2.28. The number of nitro benzene ring substituents is 1. The number of aliphatic hydroxyl groups is 1. The van der Waals surface area contributed by atoms with Crippen molar-refractivity contribution in [2.24, 2.45) is 0 Å². The first kappa shape index (κ1) is 22.9. The number of rotatable bonds is 8. The highest BCUT2D eigenvalue weighted by molar-refractivity contribution is 6.06. The van der Waals surface area contributed by atoms with Gasteiger partial charge in [0.25, 0.3) is 11.6 Å². The molecule has 34 heavy (non-hydrogen) atoms. The number of nitro groups is 1. The van der Waals surface area contributed by atoms with Gasteiger partial charge < -0.3 is 20.5 Å². The number of ether oxygens (including phenoxy) is 1. The number of anilines is 2. The first-order valence-corrected chi connectivity index (χ1v) is 10.7. The summed E-state index contributed by atoms with van der Waals surface area (Å²) in [6.07, 6.45) is 0.886. The van der Waals surface area contributed by atoms with Gasteiger partial charge in [-0.1, -0.05) is 24.3 Å². The van der Waals surface area contributed by atoms with Crippen molar-refractivity contribution in [2.45, 2.75) is 25.8 Å². The third-order valence-electron chi connectivity index (χ3n) is 5.48. The number of nitrogens with zero attached hydrogens (tertiary/aromatic N) is 4. The molecule has 1 unspecified atom stereocenters. The number of aromatic nitrogens is 3. The fourth-order valence-electron chi connectivity index (χ4n) is 3.94. The maximum Gasteiger partial charge on any atom is 0.275 e. The van der Waals surface area contributed by atoms with Crippen molar-refractivity contribution in [2.75, 3.05) is 24.4 Å². The van der Waals surface area contributed by atoms with Gasteiger partial charge >= 0.3 is 0 Å². The van der Waals surface area contributed by atoms with Crippen LogP contribution in [-0.2, 0) is 11.2 Å². The lowest BCUT2D eigenvalue weighted by atomic mass is 9.93. The Labute approximate surface area is 195 Å². The van der Waals surface area contributed by atoms with Crippen LogP contribution in [-0.4, -0.2) is 44.4 Å². The van der Waals surface area contributed by atoms with Gasteiger partial charge in [0.1, 0.15) is 11.8 Å². The summed E-state index contributed by atoms with van der Waals surface area (Å²) in [5.41, 5.74) is 1.38. The SMILES string of the molecule is COc1ccccc1NC(=O)C1=C(C)Nc2nc(CCCO)nn2C1c1ccccc1[N+](=O)[O-]. The molecule has 0 fully saturated rings. The summed E-state index contributed by atoms with van der Waals surface area (Å²) in [5.74, 6) is 0.838. The van der Waals surface area contributed by atoms with Crippen LogP contribution in [0, 0.1) is 10.1 Å². The number of carbonyl (C=O) groups excluding carboxylic acids is 1. The predicted molar refractivity (Wildman–Crippen MR) is 125 cm³/mol. The lowest BCUT2D eigenvalue weighted by molar-refractivity contribution is -0.385. The molecule has 2 heterocycles. The Morgan fingerprint density at radius 3 is 2.74 bits per heavy atom. The lowest BCUT2D eigenvalue weighted by Crippen LogP contribution is -2.32. The maximum atomic E-state index is 13.6. The number of nitrogens with one attached hydrogen (secondary N) is 2. The van der Waals surface area contributed by atoms with Crippen LogP contribution < -0.4 is 15.4 Å². The van der Waals surface area contributed by atoms with Crippen molar-refractivity contribution in [1.29, 1.82) is 0 Å². The third kappa shape index (κ3) is 4.33. The van der Waals surface area contributed by atoms with Gasteiger partial charge in [0, 0.05) is 24.8 Å².